The molecule has 2 aromatic heterocycles. The molecular formula is C25H32N4O5. The van der Waals surface area contributed by atoms with Gasteiger partial charge >= 0.3 is 6.09 Å². The molecule has 3 aromatic rings. The number of benzene rings is 1. The average Bonchev–Trinajstić information content (AvgIpc) is 3.28. The highest BCUT2D eigenvalue weighted by atomic mass is 16.5. The van der Waals surface area contributed by atoms with Gasteiger partial charge in [-0.3, -0.25) is 9.59 Å². The smallest absolute Gasteiger partial charge is 0.407 e. The zero-order valence-corrected chi connectivity index (χ0v) is 20.1. The van der Waals surface area contributed by atoms with Gasteiger partial charge in [-0.25, -0.2) is 9.78 Å². The Morgan fingerprint density at radius 2 is 2.03 bits per heavy atom. The Hall–Kier alpha value is -3.62. The highest BCUT2D eigenvalue weighted by Gasteiger charge is 2.21. The Kier molecular flexibility index (Phi) is 8.09. The minimum absolute atomic E-state index is 0.144. The molecule has 182 valence electrons. The second-order valence-corrected chi connectivity index (χ2v) is 9.52. The first-order valence-corrected chi connectivity index (χ1v) is 11.3. The highest BCUT2D eigenvalue weighted by Crippen LogP contribution is 2.17. The topological polar surface area (TPSA) is 126 Å². The quantitative estimate of drug-likeness (QED) is 0.386. The van der Waals surface area contributed by atoms with Gasteiger partial charge in [0.2, 0.25) is 0 Å². The number of aryl methyl sites for hydroxylation is 1. The lowest BCUT2D eigenvalue weighted by molar-refractivity contribution is -0.118. The molecule has 0 bridgehead atoms. The molecular weight excluding hydrogens is 436 g/mol. The fraction of sp³-hybridized carbons (Fsp3) is 0.440. The molecule has 2 heterocycles. The number of anilines is 1. The van der Waals surface area contributed by atoms with Crippen LogP contribution in [0.15, 0.2) is 45.9 Å². The predicted molar refractivity (Wildman–Crippen MR) is 130 cm³/mol. The van der Waals surface area contributed by atoms with E-state index in [2.05, 4.69) is 20.6 Å². The fourth-order valence-corrected chi connectivity index (χ4v) is 3.33. The third-order valence-corrected chi connectivity index (χ3v) is 5.09. The molecule has 0 aliphatic rings. The van der Waals surface area contributed by atoms with Crippen molar-refractivity contribution >= 4 is 28.8 Å². The summed E-state index contributed by atoms with van der Waals surface area (Å²) in [6.07, 6.45) is 4.40. The zero-order valence-electron chi connectivity index (χ0n) is 20.1. The van der Waals surface area contributed by atoms with Gasteiger partial charge in [0.15, 0.2) is 17.2 Å². The molecule has 1 aromatic carbocycles. The number of aromatic nitrogens is 2. The summed E-state index contributed by atoms with van der Waals surface area (Å²) in [5.41, 5.74) is 0.909. The van der Waals surface area contributed by atoms with Crippen LogP contribution in [0.5, 0.6) is 0 Å². The summed E-state index contributed by atoms with van der Waals surface area (Å²) in [5, 5.41) is 6.22. The monoisotopic (exact) mass is 468 g/mol. The lowest BCUT2D eigenvalue weighted by Gasteiger charge is -2.20. The number of alkyl carbamates (subject to hydrolysis) is 1. The maximum absolute atomic E-state index is 12.7. The molecule has 9 heteroatoms. The summed E-state index contributed by atoms with van der Waals surface area (Å²) in [6.45, 7) is 8.19. The van der Waals surface area contributed by atoms with Crippen molar-refractivity contribution < 1.29 is 18.7 Å². The van der Waals surface area contributed by atoms with E-state index in [0.717, 1.165) is 12.0 Å². The first-order valence-electron chi connectivity index (χ1n) is 11.3. The SMILES string of the molecule is CC(=O)C(Cc1ccc2oc(CCCNc3ncc[nH]3)cc(=O)c2c1)NC(=O)OCC(C)(C)C. The molecule has 1 atom stereocenters. The lowest BCUT2D eigenvalue weighted by atomic mass is 9.99. The molecule has 0 fully saturated rings. The number of hydrogen-bond acceptors (Lipinski definition) is 7. The molecule has 0 spiro atoms. The van der Waals surface area contributed by atoms with Crippen LogP contribution in [0.3, 0.4) is 0 Å². The Labute approximate surface area is 198 Å². The van der Waals surface area contributed by atoms with E-state index in [0.29, 0.717) is 35.6 Å². The van der Waals surface area contributed by atoms with Crippen molar-refractivity contribution in [3.63, 3.8) is 0 Å². The van der Waals surface area contributed by atoms with Gasteiger partial charge in [0.25, 0.3) is 0 Å². The Morgan fingerprint density at radius 1 is 1.24 bits per heavy atom. The van der Waals surface area contributed by atoms with Crippen molar-refractivity contribution in [3.8, 4) is 0 Å². The van der Waals surface area contributed by atoms with Crippen LogP contribution in [0.25, 0.3) is 11.0 Å². The number of imidazole rings is 1. The maximum atomic E-state index is 12.7. The molecule has 0 saturated carbocycles. The van der Waals surface area contributed by atoms with Gasteiger partial charge in [-0.15, -0.1) is 0 Å². The lowest BCUT2D eigenvalue weighted by Crippen LogP contribution is -2.42. The van der Waals surface area contributed by atoms with E-state index in [-0.39, 0.29) is 29.7 Å². The van der Waals surface area contributed by atoms with Gasteiger partial charge in [-0.2, -0.15) is 0 Å². The molecule has 3 N–H and O–H groups in total. The standard InChI is InChI=1S/C25H32N4O5/c1-16(30)20(29-24(32)33-15-25(2,3)4)13-17-7-8-22-19(12-17)21(31)14-18(34-22)6-5-9-26-23-27-10-11-28-23/h7-8,10-12,14,20H,5-6,9,13,15H2,1-4H3,(H,29,32)(H2,26,27,28). The molecule has 1 amide bonds. The minimum atomic E-state index is -0.752. The summed E-state index contributed by atoms with van der Waals surface area (Å²) in [6, 6.07) is 5.99. The number of nitrogens with zero attached hydrogens (tertiary/aromatic N) is 1. The van der Waals surface area contributed by atoms with Crippen molar-refractivity contribution in [2.75, 3.05) is 18.5 Å². The second-order valence-electron chi connectivity index (χ2n) is 9.52. The summed E-state index contributed by atoms with van der Waals surface area (Å²) in [7, 11) is 0. The number of Topliss-reactive ketones (excluding diaryl/α,β-unsaturated/α-hetero) is 1. The summed E-state index contributed by atoms with van der Waals surface area (Å²) in [5.74, 6) is 1.11. The van der Waals surface area contributed by atoms with E-state index in [1.165, 1.54) is 13.0 Å². The highest BCUT2D eigenvalue weighted by molar-refractivity contribution is 5.86. The van der Waals surface area contributed by atoms with Crippen LogP contribution in [0.4, 0.5) is 10.7 Å². The van der Waals surface area contributed by atoms with E-state index in [1.54, 1.807) is 30.6 Å². The summed E-state index contributed by atoms with van der Waals surface area (Å²) in [4.78, 5) is 44.0. The number of ketones is 1. The van der Waals surface area contributed by atoms with Crippen molar-refractivity contribution in [2.24, 2.45) is 5.41 Å². The average molecular weight is 469 g/mol. The molecule has 1 unspecified atom stereocenters. The van der Waals surface area contributed by atoms with E-state index >= 15 is 0 Å². The van der Waals surface area contributed by atoms with Crippen LogP contribution >= 0.6 is 0 Å². The largest absolute Gasteiger partial charge is 0.461 e. The van der Waals surface area contributed by atoms with E-state index in [1.807, 2.05) is 20.8 Å². The van der Waals surface area contributed by atoms with Gasteiger partial charge in [0, 0.05) is 31.4 Å². The van der Waals surface area contributed by atoms with Crippen LogP contribution in [-0.4, -0.2) is 41.0 Å². The molecule has 9 nitrogen and oxygen atoms in total. The number of fused-ring (bicyclic) bond motifs is 1. The number of amides is 1. The normalized spacial score (nSPS) is 12.4. The van der Waals surface area contributed by atoms with Crippen molar-refractivity contribution in [2.45, 2.75) is 53.0 Å². The zero-order chi connectivity index (χ0) is 24.7. The van der Waals surface area contributed by atoms with E-state index < -0.39 is 12.1 Å². The molecule has 0 aliphatic heterocycles. The molecule has 0 aliphatic carbocycles. The Balaban J connectivity index is 1.63. The van der Waals surface area contributed by atoms with Crippen molar-refractivity contribution in [3.05, 3.63) is 58.2 Å². The number of aromatic amines is 1. The third kappa shape index (κ3) is 7.47. The molecule has 0 saturated heterocycles. The van der Waals surface area contributed by atoms with Gasteiger partial charge in [0.05, 0.1) is 18.0 Å². The van der Waals surface area contributed by atoms with Gasteiger partial charge < -0.3 is 24.8 Å². The number of carbonyl (C=O) groups excluding carboxylic acids is 2. The number of hydrogen-bond donors (Lipinski definition) is 3. The third-order valence-electron chi connectivity index (χ3n) is 5.09. The van der Waals surface area contributed by atoms with Gasteiger partial charge in [-0.1, -0.05) is 26.8 Å². The van der Waals surface area contributed by atoms with E-state index in [4.69, 9.17) is 9.15 Å². The van der Waals surface area contributed by atoms with Crippen LogP contribution in [-0.2, 0) is 22.4 Å². The predicted octanol–water partition coefficient (Wildman–Crippen LogP) is 3.83. The van der Waals surface area contributed by atoms with Crippen molar-refractivity contribution in [1.29, 1.82) is 0 Å². The molecule has 0 radical (unpaired) electrons. The Bertz CT molecular complexity index is 1180. The molecule has 34 heavy (non-hydrogen) atoms. The van der Waals surface area contributed by atoms with E-state index in [9.17, 15) is 14.4 Å². The van der Waals surface area contributed by atoms with Crippen LogP contribution in [0.2, 0.25) is 0 Å². The summed E-state index contributed by atoms with van der Waals surface area (Å²) < 4.78 is 11.1. The fourth-order valence-electron chi connectivity index (χ4n) is 3.33. The number of carbonyl (C=O) groups is 2. The first kappa shape index (κ1) is 25.0. The number of nitrogens with one attached hydrogen (secondary N) is 3. The van der Waals surface area contributed by atoms with Gasteiger partial charge in [-0.05, 0) is 42.9 Å². The second kappa shape index (κ2) is 11.0. The van der Waals surface area contributed by atoms with Gasteiger partial charge in [0.1, 0.15) is 11.3 Å². The number of ether oxygens (including phenoxy) is 1. The Morgan fingerprint density at radius 3 is 2.71 bits per heavy atom. The minimum Gasteiger partial charge on any atom is -0.461 e. The number of H-pyrrole nitrogens is 1. The number of rotatable bonds is 10. The first-order chi connectivity index (χ1) is 16.1. The van der Waals surface area contributed by atoms with Crippen molar-refractivity contribution in [1.82, 2.24) is 15.3 Å². The van der Waals surface area contributed by atoms with Crippen LogP contribution in [0, 0.1) is 5.41 Å². The molecule has 3 rings (SSSR count). The summed E-state index contributed by atoms with van der Waals surface area (Å²) >= 11 is 0. The van der Waals surface area contributed by atoms with Crippen LogP contribution < -0.4 is 16.1 Å². The van der Waals surface area contributed by atoms with Crippen LogP contribution in [0.1, 0.15) is 45.4 Å². The maximum Gasteiger partial charge on any atom is 0.407 e.